The van der Waals surface area contributed by atoms with E-state index >= 15 is 0 Å². The molecule has 0 radical (unpaired) electrons. The van der Waals surface area contributed by atoms with E-state index in [4.69, 9.17) is 4.42 Å². The highest BCUT2D eigenvalue weighted by Gasteiger charge is 2.31. The average molecular weight is 442 g/mol. The number of benzene rings is 1. The molecule has 4 rings (SSSR count). The number of anilines is 2. The number of hydrogen-bond acceptors (Lipinski definition) is 5. The van der Waals surface area contributed by atoms with Gasteiger partial charge in [-0.15, -0.1) is 0 Å². The fourth-order valence-electron chi connectivity index (χ4n) is 3.68. The molecular formula is C23H21F3N4O2. The standard InChI is InChI=1S/C23H21F3N4O2/c1-13-6-3-11-19(27-13)28-22(31)21-14(2)20-17(9-5-10-18(20)32-21)30-29-16-8-4-7-15(12-16)23(24,25)26/h3-4,6-8,11-12,29H,5,9-10H2,1-2H3,(H,27,28,31)/b30-17+. The van der Waals surface area contributed by atoms with Crippen LogP contribution in [0.5, 0.6) is 0 Å². The van der Waals surface area contributed by atoms with E-state index in [0.717, 1.165) is 29.8 Å². The van der Waals surface area contributed by atoms with E-state index in [-0.39, 0.29) is 11.4 Å². The third-order valence-corrected chi connectivity index (χ3v) is 5.17. The van der Waals surface area contributed by atoms with Gasteiger partial charge < -0.3 is 9.73 Å². The largest absolute Gasteiger partial charge is 0.455 e. The first kappa shape index (κ1) is 21.6. The van der Waals surface area contributed by atoms with Gasteiger partial charge in [0.05, 0.1) is 17.0 Å². The van der Waals surface area contributed by atoms with Gasteiger partial charge in [-0.05, 0) is 57.0 Å². The van der Waals surface area contributed by atoms with Crippen LogP contribution >= 0.6 is 0 Å². The van der Waals surface area contributed by atoms with Gasteiger partial charge >= 0.3 is 6.18 Å². The molecule has 0 spiro atoms. The molecule has 0 saturated carbocycles. The van der Waals surface area contributed by atoms with Crippen molar-refractivity contribution in [2.75, 3.05) is 10.7 Å². The smallest absolute Gasteiger partial charge is 0.416 e. The first-order valence-corrected chi connectivity index (χ1v) is 10.1. The number of aryl methyl sites for hydroxylation is 2. The van der Waals surface area contributed by atoms with Crippen molar-refractivity contribution < 1.29 is 22.4 Å². The van der Waals surface area contributed by atoms with E-state index in [2.05, 4.69) is 20.8 Å². The highest BCUT2D eigenvalue weighted by Crippen LogP contribution is 2.32. The molecule has 2 aromatic heterocycles. The van der Waals surface area contributed by atoms with Gasteiger partial charge in [0.1, 0.15) is 11.6 Å². The Morgan fingerprint density at radius 3 is 2.66 bits per heavy atom. The summed E-state index contributed by atoms with van der Waals surface area (Å²) in [5.74, 6) is 0.816. The van der Waals surface area contributed by atoms with Crippen LogP contribution in [-0.4, -0.2) is 16.6 Å². The predicted molar refractivity (Wildman–Crippen MR) is 115 cm³/mol. The number of rotatable bonds is 4. The Balaban J connectivity index is 1.59. The van der Waals surface area contributed by atoms with E-state index in [1.165, 1.54) is 12.1 Å². The molecule has 166 valence electrons. The summed E-state index contributed by atoms with van der Waals surface area (Å²) in [5.41, 5.74) is 4.95. The first-order chi connectivity index (χ1) is 15.2. The molecule has 0 unspecified atom stereocenters. The third-order valence-electron chi connectivity index (χ3n) is 5.17. The van der Waals surface area contributed by atoms with Crippen LogP contribution in [0.4, 0.5) is 24.7 Å². The van der Waals surface area contributed by atoms with Gasteiger partial charge in [-0.2, -0.15) is 18.3 Å². The lowest BCUT2D eigenvalue weighted by molar-refractivity contribution is -0.137. The number of halogens is 3. The second-order valence-electron chi connectivity index (χ2n) is 7.58. The van der Waals surface area contributed by atoms with Gasteiger partial charge in [0.15, 0.2) is 5.76 Å². The molecule has 1 aromatic carbocycles. The van der Waals surface area contributed by atoms with E-state index < -0.39 is 17.6 Å². The molecule has 2 N–H and O–H groups in total. The zero-order valence-corrected chi connectivity index (χ0v) is 17.5. The molecule has 0 bridgehead atoms. The molecule has 0 fully saturated rings. The van der Waals surface area contributed by atoms with Crippen molar-refractivity contribution in [3.05, 3.63) is 76.4 Å². The van der Waals surface area contributed by atoms with Crippen LogP contribution in [-0.2, 0) is 12.6 Å². The normalized spacial score (nSPS) is 14.8. The molecular weight excluding hydrogens is 421 g/mol. The van der Waals surface area contributed by atoms with Gasteiger partial charge in [-0.1, -0.05) is 12.1 Å². The minimum atomic E-state index is -4.43. The van der Waals surface area contributed by atoms with Crippen LogP contribution in [0.3, 0.4) is 0 Å². The number of hydrazone groups is 1. The number of furan rings is 1. The minimum absolute atomic E-state index is 0.173. The summed E-state index contributed by atoms with van der Waals surface area (Å²) in [6.45, 7) is 3.60. The molecule has 9 heteroatoms. The Labute approximate surface area is 182 Å². The van der Waals surface area contributed by atoms with Crippen molar-refractivity contribution in [2.24, 2.45) is 5.10 Å². The summed E-state index contributed by atoms with van der Waals surface area (Å²) in [7, 11) is 0. The predicted octanol–water partition coefficient (Wildman–Crippen LogP) is 5.72. The molecule has 6 nitrogen and oxygen atoms in total. The fraction of sp³-hybridized carbons (Fsp3) is 0.261. The first-order valence-electron chi connectivity index (χ1n) is 10.1. The molecule has 2 heterocycles. The molecule has 0 saturated heterocycles. The number of hydrogen-bond donors (Lipinski definition) is 2. The maximum absolute atomic E-state index is 13.0. The fourth-order valence-corrected chi connectivity index (χ4v) is 3.68. The molecule has 32 heavy (non-hydrogen) atoms. The van der Waals surface area contributed by atoms with Crippen LogP contribution in [0.2, 0.25) is 0 Å². The number of aromatic nitrogens is 1. The summed E-state index contributed by atoms with van der Waals surface area (Å²) < 4.78 is 44.7. The highest BCUT2D eigenvalue weighted by atomic mass is 19.4. The quantitative estimate of drug-likeness (QED) is 0.507. The SMILES string of the molecule is Cc1cccc(NC(=O)c2oc3c(c2C)/C(=N/Nc2cccc(C(F)(F)F)c2)CCC3)n1. The second kappa shape index (κ2) is 8.49. The number of carbonyl (C=O) groups is 1. The second-order valence-corrected chi connectivity index (χ2v) is 7.58. The Morgan fingerprint density at radius 2 is 1.91 bits per heavy atom. The van der Waals surface area contributed by atoms with Crippen molar-refractivity contribution >= 4 is 23.1 Å². The monoisotopic (exact) mass is 442 g/mol. The Morgan fingerprint density at radius 1 is 1.12 bits per heavy atom. The number of carbonyl (C=O) groups excluding carboxylic acids is 1. The Kier molecular flexibility index (Phi) is 5.73. The van der Waals surface area contributed by atoms with Crippen molar-refractivity contribution in [2.45, 2.75) is 39.3 Å². The maximum Gasteiger partial charge on any atom is 0.416 e. The molecule has 1 aliphatic rings. The van der Waals surface area contributed by atoms with Gasteiger partial charge in [0.25, 0.3) is 5.91 Å². The lowest BCUT2D eigenvalue weighted by Gasteiger charge is -2.14. The zero-order chi connectivity index (χ0) is 22.9. The highest BCUT2D eigenvalue weighted by molar-refractivity contribution is 6.09. The van der Waals surface area contributed by atoms with E-state index in [1.54, 1.807) is 19.1 Å². The zero-order valence-electron chi connectivity index (χ0n) is 17.5. The van der Waals surface area contributed by atoms with Crippen LogP contribution in [0, 0.1) is 13.8 Å². The minimum Gasteiger partial charge on any atom is -0.455 e. The lowest BCUT2D eigenvalue weighted by atomic mass is 9.93. The topological polar surface area (TPSA) is 79.5 Å². The number of nitrogens with zero attached hydrogens (tertiary/aromatic N) is 2. The van der Waals surface area contributed by atoms with E-state index in [1.807, 2.05) is 13.0 Å². The molecule has 1 amide bonds. The van der Waals surface area contributed by atoms with Crippen LogP contribution in [0.25, 0.3) is 0 Å². The third kappa shape index (κ3) is 4.51. The van der Waals surface area contributed by atoms with Gasteiger partial charge in [0.2, 0.25) is 0 Å². The van der Waals surface area contributed by atoms with Crippen molar-refractivity contribution in [1.29, 1.82) is 0 Å². The summed E-state index contributed by atoms with van der Waals surface area (Å²) >= 11 is 0. The molecule has 3 aromatic rings. The van der Waals surface area contributed by atoms with Crippen LogP contribution < -0.4 is 10.7 Å². The van der Waals surface area contributed by atoms with Crippen LogP contribution in [0.1, 0.15) is 51.5 Å². The summed E-state index contributed by atoms with van der Waals surface area (Å²) in [4.78, 5) is 17.0. The lowest BCUT2D eigenvalue weighted by Crippen LogP contribution is -2.15. The average Bonchev–Trinajstić information content (AvgIpc) is 3.09. The molecule has 0 aliphatic heterocycles. The van der Waals surface area contributed by atoms with Gasteiger partial charge in [-0.25, -0.2) is 4.98 Å². The summed E-state index contributed by atoms with van der Waals surface area (Å²) in [6.07, 6.45) is -2.42. The van der Waals surface area contributed by atoms with Gasteiger partial charge in [0, 0.05) is 23.2 Å². The van der Waals surface area contributed by atoms with Crippen molar-refractivity contribution in [3.8, 4) is 0 Å². The number of nitrogens with one attached hydrogen (secondary N) is 2. The Hall–Kier alpha value is -3.62. The number of amides is 1. The number of fused-ring (bicyclic) bond motifs is 1. The van der Waals surface area contributed by atoms with Crippen molar-refractivity contribution in [3.63, 3.8) is 0 Å². The summed E-state index contributed by atoms with van der Waals surface area (Å²) in [5, 5.41) is 7.08. The molecule has 1 aliphatic carbocycles. The number of alkyl halides is 3. The molecule has 0 atom stereocenters. The summed E-state index contributed by atoms with van der Waals surface area (Å²) in [6, 6.07) is 10.2. The van der Waals surface area contributed by atoms with E-state index in [0.29, 0.717) is 35.7 Å². The Bertz CT molecular complexity index is 1200. The van der Waals surface area contributed by atoms with Gasteiger partial charge in [-0.3, -0.25) is 10.2 Å². The van der Waals surface area contributed by atoms with Crippen LogP contribution in [0.15, 0.2) is 52.0 Å². The maximum atomic E-state index is 13.0. The van der Waals surface area contributed by atoms with E-state index in [9.17, 15) is 18.0 Å². The van der Waals surface area contributed by atoms with Crippen molar-refractivity contribution in [1.82, 2.24) is 4.98 Å². The number of pyridine rings is 1.